The molecule has 0 spiro atoms. The zero-order chi connectivity index (χ0) is 15.8. The highest BCUT2D eigenvalue weighted by molar-refractivity contribution is 5.79. The van der Waals surface area contributed by atoms with Crippen molar-refractivity contribution in [2.24, 2.45) is 5.92 Å². The number of nitrogens with one attached hydrogen (secondary N) is 2. The van der Waals surface area contributed by atoms with Gasteiger partial charge >= 0.3 is 0 Å². The Morgan fingerprint density at radius 3 is 2.64 bits per heavy atom. The van der Waals surface area contributed by atoms with Crippen LogP contribution in [0, 0.1) is 5.92 Å². The summed E-state index contributed by atoms with van der Waals surface area (Å²) in [6, 6.07) is 10.7. The third kappa shape index (κ3) is 4.55. The van der Waals surface area contributed by atoms with Crippen LogP contribution in [-0.4, -0.2) is 43.5 Å². The second kappa shape index (κ2) is 8.91. The number of benzene rings is 1. The maximum Gasteiger partial charge on any atom is 0.224 e. The van der Waals surface area contributed by atoms with Crippen LogP contribution in [0.1, 0.15) is 38.3 Å². The van der Waals surface area contributed by atoms with Crippen LogP contribution in [0.25, 0.3) is 0 Å². The van der Waals surface area contributed by atoms with E-state index in [2.05, 4.69) is 53.6 Å². The molecule has 2 rings (SSSR count). The molecule has 2 atom stereocenters. The van der Waals surface area contributed by atoms with Gasteiger partial charge in [0.25, 0.3) is 0 Å². The molecule has 22 heavy (non-hydrogen) atoms. The van der Waals surface area contributed by atoms with Crippen LogP contribution >= 0.6 is 0 Å². The molecule has 0 saturated carbocycles. The molecule has 1 heterocycles. The Bertz CT molecular complexity index is 439. The summed E-state index contributed by atoms with van der Waals surface area (Å²) >= 11 is 0. The van der Waals surface area contributed by atoms with Crippen LogP contribution in [0.3, 0.4) is 0 Å². The topological polar surface area (TPSA) is 44.4 Å². The first-order valence-corrected chi connectivity index (χ1v) is 8.53. The average molecular weight is 303 g/mol. The predicted octanol–water partition coefficient (Wildman–Crippen LogP) is 2.19. The molecule has 1 fully saturated rings. The fourth-order valence-corrected chi connectivity index (χ4v) is 3.21. The lowest BCUT2D eigenvalue weighted by Gasteiger charge is -2.31. The molecule has 1 aliphatic heterocycles. The minimum Gasteiger partial charge on any atom is -0.354 e. The minimum absolute atomic E-state index is 0.127. The number of amides is 1. The van der Waals surface area contributed by atoms with E-state index in [1.54, 1.807) is 0 Å². The molecule has 0 radical (unpaired) electrons. The fourth-order valence-electron chi connectivity index (χ4n) is 3.21. The monoisotopic (exact) mass is 303 g/mol. The first-order valence-electron chi connectivity index (χ1n) is 8.53. The number of likely N-dealkylation sites (N-methyl/N-ethyl adjacent to an activating group) is 1. The normalized spacial score (nSPS) is 19.9. The summed E-state index contributed by atoms with van der Waals surface area (Å²) < 4.78 is 0. The average Bonchev–Trinajstić information content (AvgIpc) is 2.60. The van der Waals surface area contributed by atoms with Crippen molar-refractivity contribution in [3.8, 4) is 0 Å². The Kier molecular flexibility index (Phi) is 6.87. The highest BCUT2D eigenvalue weighted by atomic mass is 16.1. The van der Waals surface area contributed by atoms with Crippen molar-refractivity contribution in [1.82, 2.24) is 15.5 Å². The Hall–Kier alpha value is -1.39. The number of carbonyl (C=O) groups is 1. The van der Waals surface area contributed by atoms with E-state index >= 15 is 0 Å². The number of hydrogen-bond donors (Lipinski definition) is 2. The molecule has 4 nitrogen and oxygen atoms in total. The van der Waals surface area contributed by atoms with Gasteiger partial charge in [0, 0.05) is 13.1 Å². The van der Waals surface area contributed by atoms with E-state index in [4.69, 9.17) is 0 Å². The Morgan fingerprint density at radius 1 is 1.32 bits per heavy atom. The van der Waals surface area contributed by atoms with Crippen molar-refractivity contribution < 1.29 is 4.79 Å². The first-order chi connectivity index (χ1) is 10.8. The van der Waals surface area contributed by atoms with Crippen LogP contribution in [0.15, 0.2) is 30.3 Å². The summed E-state index contributed by atoms with van der Waals surface area (Å²) in [6.45, 7) is 8.84. The Balaban J connectivity index is 1.98. The van der Waals surface area contributed by atoms with E-state index in [9.17, 15) is 4.79 Å². The summed E-state index contributed by atoms with van der Waals surface area (Å²) in [5, 5.41) is 6.49. The van der Waals surface area contributed by atoms with Gasteiger partial charge in [-0.15, -0.1) is 0 Å². The van der Waals surface area contributed by atoms with E-state index in [1.807, 2.05) is 6.07 Å². The van der Waals surface area contributed by atoms with Gasteiger partial charge in [0.15, 0.2) is 0 Å². The minimum atomic E-state index is 0.127. The molecule has 2 N–H and O–H groups in total. The smallest absolute Gasteiger partial charge is 0.224 e. The largest absolute Gasteiger partial charge is 0.354 e. The van der Waals surface area contributed by atoms with E-state index in [-0.39, 0.29) is 17.9 Å². The van der Waals surface area contributed by atoms with Crippen molar-refractivity contribution in [1.29, 1.82) is 0 Å². The standard InChI is InChI=1S/C18H29N3O/c1-3-21(4-2)17(15-9-6-5-7-10-15)14-20-18(22)16-11-8-12-19-13-16/h5-7,9-10,16-17,19H,3-4,8,11-14H2,1-2H3,(H,20,22). The molecular formula is C18H29N3O. The van der Waals surface area contributed by atoms with Gasteiger partial charge in [0.2, 0.25) is 5.91 Å². The molecule has 0 bridgehead atoms. The van der Waals surface area contributed by atoms with Crippen molar-refractivity contribution in [2.75, 3.05) is 32.7 Å². The summed E-state index contributed by atoms with van der Waals surface area (Å²) in [7, 11) is 0. The molecule has 0 aromatic heterocycles. The molecule has 122 valence electrons. The fraction of sp³-hybridized carbons (Fsp3) is 0.611. The third-order valence-corrected chi connectivity index (χ3v) is 4.57. The lowest BCUT2D eigenvalue weighted by Crippen LogP contribution is -2.44. The van der Waals surface area contributed by atoms with Gasteiger partial charge in [0.05, 0.1) is 12.0 Å². The number of carbonyl (C=O) groups excluding carboxylic acids is 1. The lowest BCUT2D eigenvalue weighted by atomic mass is 9.98. The Labute approximate surface area is 134 Å². The zero-order valence-electron chi connectivity index (χ0n) is 13.8. The summed E-state index contributed by atoms with van der Waals surface area (Å²) in [5.74, 6) is 0.321. The molecule has 1 aromatic carbocycles. The maximum atomic E-state index is 12.4. The van der Waals surface area contributed by atoms with Gasteiger partial charge in [0.1, 0.15) is 0 Å². The second-order valence-electron chi connectivity index (χ2n) is 5.94. The van der Waals surface area contributed by atoms with Gasteiger partial charge in [-0.3, -0.25) is 9.69 Å². The third-order valence-electron chi connectivity index (χ3n) is 4.57. The highest BCUT2D eigenvalue weighted by Crippen LogP contribution is 2.20. The SMILES string of the molecule is CCN(CC)C(CNC(=O)C1CCCNC1)c1ccccc1. The van der Waals surface area contributed by atoms with E-state index in [0.29, 0.717) is 6.54 Å². The van der Waals surface area contributed by atoms with Crippen LogP contribution in [-0.2, 0) is 4.79 Å². The van der Waals surface area contributed by atoms with Crippen molar-refractivity contribution >= 4 is 5.91 Å². The maximum absolute atomic E-state index is 12.4. The number of hydrogen-bond acceptors (Lipinski definition) is 3. The zero-order valence-corrected chi connectivity index (χ0v) is 13.8. The van der Waals surface area contributed by atoms with E-state index in [1.165, 1.54) is 5.56 Å². The molecule has 1 aliphatic rings. The summed E-state index contributed by atoms with van der Waals surface area (Å²) in [6.07, 6.45) is 2.09. The second-order valence-corrected chi connectivity index (χ2v) is 5.94. The van der Waals surface area contributed by atoms with Crippen molar-refractivity contribution in [3.05, 3.63) is 35.9 Å². The Morgan fingerprint density at radius 2 is 2.05 bits per heavy atom. The molecule has 1 saturated heterocycles. The van der Waals surface area contributed by atoms with Gasteiger partial charge in [-0.1, -0.05) is 44.2 Å². The molecule has 2 unspecified atom stereocenters. The summed E-state index contributed by atoms with van der Waals surface area (Å²) in [5.41, 5.74) is 1.27. The predicted molar refractivity (Wildman–Crippen MR) is 90.7 cm³/mol. The molecule has 4 heteroatoms. The van der Waals surface area contributed by atoms with Crippen molar-refractivity contribution in [2.45, 2.75) is 32.7 Å². The van der Waals surface area contributed by atoms with Gasteiger partial charge in [-0.05, 0) is 38.0 Å². The van der Waals surface area contributed by atoms with Crippen molar-refractivity contribution in [3.63, 3.8) is 0 Å². The van der Waals surface area contributed by atoms with E-state index < -0.39 is 0 Å². The van der Waals surface area contributed by atoms with Crippen LogP contribution < -0.4 is 10.6 Å². The van der Waals surface area contributed by atoms with Crippen LogP contribution in [0.5, 0.6) is 0 Å². The number of piperidine rings is 1. The molecular weight excluding hydrogens is 274 g/mol. The molecule has 1 aromatic rings. The lowest BCUT2D eigenvalue weighted by molar-refractivity contribution is -0.125. The highest BCUT2D eigenvalue weighted by Gasteiger charge is 2.23. The van der Waals surface area contributed by atoms with Crippen LogP contribution in [0.2, 0.25) is 0 Å². The summed E-state index contributed by atoms with van der Waals surface area (Å²) in [4.78, 5) is 14.8. The van der Waals surface area contributed by atoms with Crippen LogP contribution in [0.4, 0.5) is 0 Å². The first kappa shape index (κ1) is 17.0. The van der Waals surface area contributed by atoms with Gasteiger partial charge in [-0.25, -0.2) is 0 Å². The van der Waals surface area contributed by atoms with Gasteiger partial charge in [-0.2, -0.15) is 0 Å². The quantitative estimate of drug-likeness (QED) is 0.811. The molecule has 0 aliphatic carbocycles. The van der Waals surface area contributed by atoms with Gasteiger partial charge < -0.3 is 10.6 Å². The number of nitrogens with zero attached hydrogens (tertiary/aromatic N) is 1. The molecule has 1 amide bonds. The number of rotatable bonds is 7. The van der Waals surface area contributed by atoms with E-state index in [0.717, 1.165) is 39.0 Å².